The summed E-state index contributed by atoms with van der Waals surface area (Å²) in [4.78, 5) is 10.1. The lowest BCUT2D eigenvalue weighted by Gasteiger charge is -2.23. The largest absolute Gasteiger partial charge is 0.348 e. The molecule has 1 heterocycles. The molecule has 1 saturated heterocycles. The maximum absolute atomic E-state index is 10.6. The van der Waals surface area contributed by atoms with Gasteiger partial charge in [-0.25, -0.2) is 0 Å². The van der Waals surface area contributed by atoms with Crippen molar-refractivity contribution >= 4 is 5.69 Å². The van der Waals surface area contributed by atoms with Gasteiger partial charge in [0.2, 0.25) is 0 Å². The zero-order valence-corrected chi connectivity index (χ0v) is 8.09. The van der Waals surface area contributed by atoms with Crippen molar-refractivity contribution in [2.75, 3.05) is 13.2 Å². The van der Waals surface area contributed by atoms with E-state index in [0.717, 1.165) is 6.42 Å². The van der Waals surface area contributed by atoms with E-state index in [1.165, 1.54) is 12.1 Å². The summed E-state index contributed by atoms with van der Waals surface area (Å²) in [6.45, 7) is 1.26. The van der Waals surface area contributed by atoms with Crippen molar-refractivity contribution in [2.45, 2.75) is 12.7 Å². The van der Waals surface area contributed by atoms with Gasteiger partial charge in [-0.05, 0) is 6.42 Å². The van der Waals surface area contributed by atoms with Crippen LogP contribution in [-0.2, 0) is 9.47 Å². The molecule has 1 aromatic rings. The van der Waals surface area contributed by atoms with Gasteiger partial charge in [-0.3, -0.25) is 10.1 Å². The molecule has 1 aromatic carbocycles. The second kappa shape index (κ2) is 4.37. The first-order chi connectivity index (χ1) is 7.27. The first-order valence-corrected chi connectivity index (χ1v) is 4.75. The van der Waals surface area contributed by atoms with Crippen LogP contribution in [0.2, 0.25) is 0 Å². The van der Waals surface area contributed by atoms with Crippen LogP contribution in [0.3, 0.4) is 0 Å². The van der Waals surface area contributed by atoms with Crippen LogP contribution in [0.4, 0.5) is 5.69 Å². The molecule has 80 valence electrons. The molecule has 2 rings (SSSR count). The van der Waals surface area contributed by atoms with Crippen molar-refractivity contribution < 1.29 is 14.4 Å². The lowest BCUT2D eigenvalue weighted by Crippen LogP contribution is -2.17. The van der Waals surface area contributed by atoms with Gasteiger partial charge in [-0.1, -0.05) is 12.1 Å². The van der Waals surface area contributed by atoms with E-state index in [9.17, 15) is 10.1 Å². The number of non-ortho nitro benzene ring substituents is 1. The highest BCUT2D eigenvalue weighted by Crippen LogP contribution is 2.25. The third kappa shape index (κ3) is 2.31. The highest BCUT2D eigenvalue weighted by Gasteiger charge is 2.18. The van der Waals surface area contributed by atoms with Crippen molar-refractivity contribution in [3.63, 3.8) is 0 Å². The van der Waals surface area contributed by atoms with Gasteiger partial charge in [0.1, 0.15) is 0 Å². The van der Waals surface area contributed by atoms with Crippen molar-refractivity contribution in [3.05, 3.63) is 39.9 Å². The van der Waals surface area contributed by atoms with Gasteiger partial charge in [-0.15, -0.1) is 0 Å². The molecule has 0 bridgehead atoms. The quantitative estimate of drug-likeness (QED) is 0.552. The summed E-state index contributed by atoms with van der Waals surface area (Å²) in [6.07, 6.45) is 0.407. The lowest BCUT2D eigenvalue weighted by atomic mass is 10.2. The molecule has 0 amide bonds. The molecule has 0 saturated carbocycles. The summed E-state index contributed by atoms with van der Waals surface area (Å²) in [5, 5.41) is 10.6. The maximum Gasteiger partial charge on any atom is 0.269 e. The monoisotopic (exact) mass is 209 g/mol. The van der Waals surface area contributed by atoms with Crippen LogP contribution in [0.25, 0.3) is 0 Å². The molecule has 0 aromatic heterocycles. The Kier molecular flexibility index (Phi) is 2.94. The molecule has 1 fully saturated rings. The summed E-state index contributed by atoms with van der Waals surface area (Å²) >= 11 is 0. The molecule has 0 spiro atoms. The standard InChI is InChI=1S/C10H11NO4/c12-11(13)9-4-1-3-8(7-9)10-14-5-2-6-15-10/h1,3-4,7,10H,2,5-6H2. The molecule has 1 aliphatic rings. The lowest BCUT2D eigenvalue weighted by molar-refractivity contribution is -0.385. The van der Waals surface area contributed by atoms with Crippen molar-refractivity contribution in [1.82, 2.24) is 0 Å². The fourth-order valence-electron chi connectivity index (χ4n) is 1.47. The van der Waals surface area contributed by atoms with E-state index in [1.807, 2.05) is 0 Å². The van der Waals surface area contributed by atoms with E-state index in [1.54, 1.807) is 12.1 Å². The highest BCUT2D eigenvalue weighted by atomic mass is 16.7. The van der Waals surface area contributed by atoms with Crippen molar-refractivity contribution in [3.8, 4) is 0 Å². The summed E-state index contributed by atoms with van der Waals surface area (Å²) < 4.78 is 10.7. The average molecular weight is 209 g/mol. The minimum atomic E-state index is -0.460. The minimum Gasteiger partial charge on any atom is -0.348 e. The second-order valence-electron chi connectivity index (χ2n) is 3.28. The topological polar surface area (TPSA) is 61.6 Å². The summed E-state index contributed by atoms with van der Waals surface area (Å²) in [5.41, 5.74) is 0.758. The van der Waals surface area contributed by atoms with E-state index in [4.69, 9.17) is 9.47 Å². The Morgan fingerprint density at radius 2 is 2.07 bits per heavy atom. The molecular weight excluding hydrogens is 198 g/mol. The Morgan fingerprint density at radius 1 is 1.33 bits per heavy atom. The van der Waals surface area contributed by atoms with Gasteiger partial charge in [-0.2, -0.15) is 0 Å². The zero-order chi connectivity index (χ0) is 10.7. The number of benzene rings is 1. The minimum absolute atomic E-state index is 0.0604. The number of nitro benzene ring substituents is 1. The Bertz CT molecular complexity index is 360. The number of nitrogens with zero attached hydrogens (tertiary/aromatic N) is 1. The Morgan fingerprint density at radius 3 is 2.73 bits per heavy atom. The van der Waals surface area contributed by atoms with Gasteiger partial charge in [0.05, 0.1) is 18.1 Å². The molecule has 0 N–H and O–H groups in total. The zero-order valence-electron chi connectivity index (χ0n) is 8.09. The van der Waals surface area contributed by atoms with E-state index >= 15 is 0 Å². The number of rotatable bonds is 2. The summed E-state index contributed by atoms with van der Waals surface area (Å²) in [7, 11) is 0. The Labute approximate surface area is 86.8 Å². The van der Waals surface area contributed by atoms with E-state index in [2.05, 4.69) is 0 Å². The van der Waals surface area contributed by atoms with Crippen LogP contribution in [0, 0.1) is 10.1 Å². The van der Waals surface area contributed by atoms with E-state index in [-0.39, 0.29) is 5.69 Å². The molecule has 15 heavy (non-hydrogen) atoms. The summed E-state index contributed by atoms with van der Waals surface area (Å²) in [5.74, 6) is 0. The van der Waals surface area contributed by atoms with Gasteiger partial charge >= 0.3 is 0 Å². The van der Waals surface area contributed by atoms with E-state index in [0.29, 0.717) is 18.8 Å². The number of hydrogen-bond acceptors (Lipinski definition) is 4. The van der Waals surface area contributed by atoms with Crippen LogP contribution < -0.4 is 0 Å². The van der Waals surface area contributed by atoms with Gasteiger partial charge < -0.3 is 9.47 Å². The molecule has 5 nitrogen and oxygen atoms in total. The third-order valence-corrected chi connectivity index (χ3v) is 2.18. The predicted octanol–water partition coefficient (Wildman–Crippen LogP) is 2.03. The van der Waals surface area contributed by atoms with Crippen LogP contribution in [-0.4, -0.2) is 18.1 Å². The van der Waals surface area contributed by atoms with Crippen LogP contribution in [0.5, 0.6) is 0 Å². The highest BCUT2D eigenvalue weighted by molar-refractivity contribution is 5.34. The van der Waals surface area contributed by atoms with Crippen LogP contribution >= 0.6 is 0 Å². The molecule has 0 unspecified atom stereocenters. The van der Waals surface area contributed by atoms with Crippen molar-refractivity contribution in [2.24, 2.45) is 0 Å². The van der Waals surface area contributed by atoms with E-state index < -0.39 is 11.2 Å². The smallest absolute Gasteiger partial charge is 0.269 e. The second-order valence-corrected chi connectivity index (χ2v) is 3.28. The van der Waals surface area contributed by atoms with Gasteiger partial charge in [0.25, 0.3) is 5.69 Å². The maximum atomic E-state index is 10.6. The summed E-state index contributed by atoms with van der Waals surface area (Å²) in [6, 6.07) is 6.33. The Hall–Kier alpha value is -1.46. The Balaban J connectivity index is 2.19. The normalized spacial score (nSPS) is 17.6. The third-order valence-electron chi connectivity index (χ3n) is 2.18. The van der Waals surface area contributed by atoms with Crippen molar-refractivity contribution in [1.29, 1.82) is 0 Å². The van der Waals surface area contributed by atoms with Crippen LogP contribution in [0.1, 0.15) is 18.3 Å². The average Bonchev–Trinajstić information content (AvgIpc) is 2.30. The molecule has 0 aliphatic carbocycles. The first-order valence-electron chi connectivity index (χ1n) is 4.75. The predicted molar refractivity (Wildman–Crippen MR) is 52.4 cm³/mol. The van der Waals surface area contributed by atoms with Gasteiger partial charge in [0.15, 0.2) is 6.29 Å². The molecule has 0 atom stereocenters. The first kappa shape index (κ1) is 10.1. The number of nitro groups is 1. The molecule has 5 heteroatoms. The SMILES string of the molecule is O=[N+]([O-])c1cccc(C2OCCCO2)c1. The number of hydrogen-bond donors (Lipinski definition) is 0. The molecular formula is C10H11NO4. The van der Waals surface area contributed by atoms with Gasteiger partial charge in [0, 0.05) is 17.7 Å². The molecule has 0 radical (unpaired) electrons. The molecule has 1 aliphatic heterocycles. The fourth-order valence-corrected chi connectivity index (χ4v) is 1.47. The number of ether oxygens (including phenoxy) is 2. The fraction of sp³-hybridized carbons (Fsp3) is 0.400. The van der Waals surface area contributed by atoms with Crippen LogP contribution in [0.15, 0.2) is 24.3 Å².